The number of carbonyl (C=O) groups is 1. The molecule has 0 bridgehead atoms. The molecule has 2 aromatic heterocycles. The summed E-state index contributed by atoms with van der Waals surface area (Å²) in [5, 5.41) is 10.8. The number of piperidine rings is 1. The van der Waals surface area contributed by atoms with Crippen LogP contribution in [0.4, 0.5) is 0 Å². The van der Waals surface area contributed by atoms with E-state index in [0.29, 0.717) is 12.6 Å². The topological polar surface area (TPSA) is 72.3 Å². The van der Waals surface area contributed by atoms with Crippen LogP contribution in [0.2, 0.25) is 0 Å². The maximum absolute atomic E-state index is 12.3. The minimum absolute atomic E-state index is 0.114. The molecule has 1 aromatic carbocycles. The summed E-state index contributed by atoms with van der Waals surface area (Å²) in [4.78, 5) is 18.9. The first kappa shape index (κ1) is 25.1. The van der Waals surface area contributed by atoms with E-state index >= 15 is 0 Å². The number of rotatable bonds is 4. The summed E-state index contributed by atoms with van der Waals surface area (Å²) >= 11 is 0. The van der Waals surface area contributed by atoms with Gasteiger partial charge in [0, 0.05) is 74.5 Å². The van der Waals surface area contributed by atoms with Crippen LogP contribution in [0, 0.1) is 17.8 Å². The van der Waals surface area contributed by atoms with Crippen molar-refractivity contribution >= 4 is 16.7 Å². The molecule has 0 atom stereocenters. The van der Waals surface area contributed by atoms with E-state index in [1.807, 2.05) is 11.1 Å². The fraction of sp³-hybridized carbons (Fsp3) is 0.516. The second-order valence-corrected chi connectivity index (χ2v) is 10.9. The Morgan fingerprint density at radius 3 is 2.84 bits per heavy atom. The number of carbonyl (C=O) groups excluding carboxylic acids is 1. The molecule has 1 amide bonds. The maximum atomic E-state index is 12.3. The third kappa shape index (κ3) is 5.21. The third-order valence-corrected chi connectivity index (χ3v) is 8.44. The SMILES string of the molecule is CC(=O)N1CCc2c(c(-c3cccc4cc(C#CCCC5CCNCC5)ncc34)nn2C2CCOCC2)C1. The van der Waals surface area contributed by atoms with E-state index in [4.69, 9.17) is 14.8 Å². The molecule has 38 heavy (non-hydrogen) atoms. The molecule has 0 radical (unpaired) electrons. The highest BCUT2D eigenvalue weighted by molar-refractivity contribution is 5.96. The molecule has 2 fully saturated rings. The molecule has 3 aliphatic rings. The quantitative estimate of drug-likeness (QED) is 0.523. The van der Waals surface area contributed by atoms with Crippen molar-refractivity contribution in [1.82, 2.24) is 25.0 Å². The van der Waals surface area contributed by atoms with Gasteiger partial charge in [0.05, 0.1) is 11.7 Å². The number of nitrogens with one attached hydrogen (secondary N) is 1. The highest BCUT2D eigenvalue weighted by atomic mass is 16.5. The molecule has 2 saturated heterocycles. The van der Waals surface area contributed by atoms with Crippen LogP contribution in [0.3, 0.4) is 0 Å². The lowest BCUT2D eigenvalue weighted by molar-refractivity contribution is -0.129. The smallest absolute Gasteiger partial charge is 0.219 e. The Morgan fingerprint density at radius 2 is 2.03 bits per heavy atom. The van der Waals surface area contributed by atoms with Gasteiger partial charge in [-0.05, 0) is 68.5 Å². The van der Waals surface area contributed by atoms with Crippen LogP contribution in [0.1, 0.15) is 68.4 Å². The van der Waals surface area contributed by atoms with E-state index in [1.54, 1.807) is 6.92 Å². The van der Waals surface area contributed by atoms with Crippen LogP contribution in [-0.2, 0) is 22.5 Å². The molecular weight excluding hydrogens is 474 g/mol. The summed E-state index contributed by atoms with van der Waals surface area (Å²) in [5.41, 5.74) is 5.31. The van der Waals surface area contributed by atoms with Crippen molar-refractivity contribution < 1.29 is 9.53 Å². The third-order valence-electron chi connectivity index (χ3n) is 8.44. The molecule has 1 N–H and O–H groups in total. The van der Waals surface area contributed by atoms with Crippen molar-refractivity contribution in [2.45, 2.75) is 64.5 Å². The molecule has 5 heterocycles. The van der Waals surface area contributed by atoms with E-state index in [-0.39, 0.29) is 5.91 Å². The average Bonchev–Trinajstić information content (AvgIpc) is 3.34. The van der Waals surface area contributed by atoms with Gasteiger partial charge in [-0.3, -0.25) is 9.48 Å². The molecule has 6 rings (SSSR count). The first-order valence-electron chi connectivity index (χ1n) is 14.2. The van der Waals surface area contributed by atoms with Gasteiger partial charge in [-0.15, -0.1) is 0 Å². The highest BCUT2D eigenvalue weighted by Gasteiger charge is 2.30. The lowest BCUT2D eigenvalue weighted by Gasteiger charge is -2.29. The van der Waals surface area contributed by atoms with E-state index in [2.05, 4.69) is 46.1 Å². The number of nitrogens with zero attached hydrogens (tertiary/aromatic N) is 4. The summed E-state index contributed by atoms with van der Waals surface area (Å²) < 4.78 is 7.87. The van der Waals surface area contributed by atoms with Crippen molar-refractivity contribution in [2.24, 2.45) is 5.92 Å². The molecular formula is C31H37N5O2. The molecule has 7 heteroatoms. The molecule has 0 saturated carbocycles. The number of hydrogen-bond donors (Lipinski definition) is 1. The highest BCUT2D eigenvalue weighted by Crippen LogP contribution is 2.37. The second-order valence-electron chi connectivity index (χ2n) is 10.9. The predicted octanol–water partition coefficient (Wildman–Crippen LogP) is 4.49. The van der Waals surface area contributed by atoms with Crippen molar-refractivity contribution in [3.8, 4) is 23.1 Å². The van der Waals surface area contributed by atoms with Crippen LogP contribution in [0.5, 0.6) is 0 Å². The standard InChI is InChI=1S/C31H37N5O2/c1-22(37)35-16-11-30-29(21-35)31(34-36(30)26-12-17-38-18-13-26)27-8-4-6-24-19-25(33-20-28(24)27)7-3-2-5-23-9-14-32-15-10-23/h4,6,8,19-20,23,26,32H,2,5,9-18,21H2,1H3. The number of fused-ring (bicyclic) bond motifs is 2. The van der Waals surface area contributed by atoms with Crippen molar-refractivity contribution in [3.05, 3.63) is 47.4 Å². The summed E-state index contributed by atoms with van der Waals surface area (Å²) in [5.74, 6) is 7.57. The maximum Gasteiger partial charge on any atom is 0.219 e. The van der Waals surface area contributed by atoms with Gasteiger partial charge in [0.15, 0.2) is 0 Å². The Morgan fingerprint density at radius 1 is 1.18 bits per heavy atom. The first-order valence-corrected chi connectivity index (χ1v) is 14.2. The zero-order valence-corrected chi connectivity index (χ0v) is 22.3. The Bertz CT molecular complexity index is 1370. The Hall–Kier alpha value is -3.21. The fourth-order valence-electron chi connectivity index (χ4n) is 6.21. The van der Waals surface area contributed by atoms with Crippen LogP contribution in [0.15, 0.2) is 30.5 Å². The average molecular weight is 512 g/mol. The molecule has 3 aromatic rings. The molecule has 198 valence electrons. The zero-order chi connectivity index (χ0) is 25.9. The minimum atomic E-state index is 0.114. The second kappa shape index (κ2) is 11.3. The number of aromatic nitrogens is 3. The van der Waals surface area contributed by atoms with Crippen LogP contribution in [-0.4, -0.2) is 58.4 Å². The molecule has 7 nitrogen and oxygen atoms in total. The van der Waals surface area contributed by atoms with Crippen LogP contribution < -0.4 is 5.32 Å². The van der Waals surface area contributed by atoms with Gasteiger partial charge in [-0.2, -0.15) is 5.10 Å². The van der Waals surface area contributed by atoms with Gasteiger partial charge < -0.3 is 15.0 Å². The Kier molecular flexibility index (Phi) is 7.44. The number of benzene rings is 1. The van der Waals surface area contributed by atoms with Crippen LogP contribution >= 0.6 is 0 Å². The normalized spacial score (nSPS) is 18.7. The van der Waals surface area contributed by atoms with Crippen molar-refractivity contribution in [2.75, 3.05) is 32.8 Å². The number of amides is 1. The lowest BCUT2D eigenvalue weighted by Crippen LogP contribution is -2.35. The number of ether oxygens (including phenoxy) is 1. The predicted molar refractivity (Wildman–Crippen MR) is 149 cm³/mol. The molecule has 0 unspecified atom stereocenters. The fourth-order valence-corrected chi connectivity index (χ4v) is 6.21. The van der Waals surface area contributed by atoms with E-state index in [0.717, 1.165) is 92.2 Å². The zero-order valence-electron chi connectivity index (χ0n) is 22.3. The molecule has 3 aliphatic heterocycles. The van der Waals surface area contributed by atoms with Gasteiger partial charge in [0.1, 0.15) is 5.69 Å². The Labute approximate surface area is 224 Å². The van der Waals surface area contributed by atoms with Gasteiger partial charge in [-0.1, -0.05) is 24.1 Å². The molecule has 0 aliphatic carbocycles. The number of pyridine rings is 1. The Balaban J connectivity index is 1.31. The van der Waals surface area contributed by atoms with Crippen LogP contribution in [0.25, 0.3) is 22.0 Å². The molecule has 0 spiro atoms. The monoisotopic (exact) mass is 511 g/mol. The summed E-state index contributed by atoms with van der Waals surface area (Å²) in [6.07, 6.45) is 9.35. The summed E-state index contributed by atoms with van der Waals surface area (Å²) in [6, 6.07) is 8.80. The van der Waals surface area contributed by atoms with Gasteiger partial charge >= 0.3 is 0 Å². The van der Waals surface area contributed by atoms with Gasteiger partial charge in [0.25, 0.3) is 0 Å². The first-order chi connectivity index (χ1) is 18.7. The minimum Gasteiger partial charge on any atom is -0.381 e. The lowest BCUT2D eigenvalue weighted by atomic mass is 9.93. The largest absolute Gasteiger partial charge is 0.381 e. The van der Waals surface area contributed by atoms with Crippen molar-refractivity contribution in [1.29, 1.82) is 0 Å². The van der Waals surface area contributed by atoms with Crippen molar-refractivity contribution in [3.63, 3.8) is 0 Å². The van der Waals surface area contributed by atoms with E-state index in [9.17, 15) is 4.79 Å². The van der Waals surface area contributed by atoms with Gasteiger partial charge in [-0.25, -0.2) is 4.98 Å². The van der Waals surface area contributed by atoms with Gasteiger partial charge in [0.2, 0.25) is 5.91 Å². The summed E-state index contributed by atoms with van der Waals surface area (Å²) in [7, 11) is 0. The van der Waals surface area contributed by atoms with E-state index in [1.165, 1.54) is 30.5 Å². The summed E-state index contributed by atoms with van der Waals surface area (Å²) in [6.45, 7) is 6.82. The number of hydrogen-bond acceptors (Lipinski definition) is 5. The van der Waals surface area contributed by atoms with E-state index < -0.39 is 0 Å².